The molecule has 8 nitrogen and oxygen atoms in total. The Kier molecular flexibility index (Phi) is 18.1. The lowest BCUT2D eigenvalue weighted by Crippen LogP contribution is -2.44. The standard InChI is InChI=1S/C56H60O6.C41H39NO/c1-9-27-60-39-20-16-37(17-21-39)56(38-18-22-40(23-19-38)61-28-10-2)26-25-43-51-50(42-13-11-12-14-47(42)55(51)34-53(3,4)33-54(5,6)35-55)45-30-44(49(59-8)31-46(45)52(43)62-56)41-24-15-36(32-57)29-48(41)58-7;1-42(2)31-23-21-30(22-24-31)41(29-15-7-6-8-16-29)28-25-35-38-37(32-17-9-10-18-33(32)39(35)43-41)34-19-11-12-20-36(34)40(38)26-13-4-3-5-14-27-40/h11-26,29-31,57H,9-10,27-28,32-35H2,1-8H3;6-12,15-25,28H,3-5,13-14,26-27H2,1-2H3. The number of benzene rings is 11. The molecular weight excluding hydrogens is 1290 g/mol. The topological polar surface area (TPSA) is 78.9 Å². The van der Waals surface area contributed by atoms with Gasteiger partial charge in [0.1, 0.15) is 34.5 Å². The van der Waals surface area contributed by atoms with Crippen LogP contribution in [-0.2, 0) is 28.6 Å². The second-order valence-corrected chi connectivity index (χ2v) is 32.1. The van der Waals surface area contributed by atoms with E-state index in [1.165, 1.54) is 111 Å². The van der Waals surface area contributed by atoms with Crippen LogP contribution in [0, 0.1) is 10.8 Å². The molecule has 2 spiro atoms. The summed E-state index contributed by atoms with van der Waals surface area (Å²) in [5.74, 6) is 4.90. The zero-order valence-electron chi connectivity index (χ0n) is 62.9. The largest absolute Gasteiger partial charge is 0.496 e. The third-order valence-electron chi connectivity index (χ3n) is 23.7. The van der Waals surface area contributed by atoms with Gasteiger partial charge in [0, 0.05) is 85.9 Å². The molecule has 2 heterocycles. The number of hydrogen-bond acceptors (Lipinski definition) is 8. The first kappa shape index (κ1) is 69.4. The van der Waals surface area contributed by atoms with Crippen LogP contribution < -0.4 is 33.3 Å². The van der Waals surface area contributed by atoms with E-state index in [2.05, 4.69) is 273 Å². The van der Waals surface area contributed by atoms with Crippen molar-refractivity contribution in [2.24, 2.45) is 10.8 Å². The van der Waals surface area contributed by atoms with E-state index in [-0.39, 0.29) is 28.3 Å². The van der Waals surface area contributed by atoms with E-state index < -0.39 is 11.2 Å². The van der Waals surface area contributed by atoms with Crippen molar-refractivity contribution in [1.82, 2.24) is 0 Å². The number of aliphatic hydroxyl groups excluding tert-OH is 1. The molecule has 2 aliphatic heterocycles. The van der Waals surface area contributed by atoms with E-state index in [4.69, 9.17) is 28.4 Å². The summed E-state index contributed by atoms with van der Waals surface area (Å²) >= 11 is 0. The molecule has 0 radical (unpaired) electrons. The Morgan fingerprint density at radius 3 is 1.44 bits per heavy atom. The van der Waals surface area contributed by atoms with Crippen molar-refractivity contribution in [2.75, 3.05) is 46.4 Å². The second-order valence-electron chi connectivity index (χ2n) is 32.1. The van der Waals surface area contributed by atoms with Gasteiger partial charge in [0.15, 0.2) is 11.2 Å². The minimum atomic E-state index is -0.986. The fourth-order valence-electron chi connectivity index (χ4n) is 20.0. The van der Waals surface area contributed by atoms with Crippen LogP contribution in [0.3, 0.4) is 0 Å². The SMILES string of the molecule is CCCOc1ccc(C2(c3ccc(OCCC)cc3)C=Cc3c4c(c5cc(-c6ccc(CO)cc6OC)c(OC)cc5c3O2)-c2ccccc2C42CC(C)(C)CC(C)(C)C2)cc1.CN(C)c1ccc(C2(c3ccccc3)C=Cc3c4c(c5ccccc5c3O2)-c2ccccc2C42CCCCCCC2)cc1. The van der Waals surface area contributed by atoms with E-state index in [9.17, 15) is 5.11 Å². The fourth-order valence-corrected chi connectivity index (χ4v) is 20.0. The molecule has 105 heavy (non-hydrogen) atoms. The Hall–Kier alpha value is -10.0. The molecule has 0 aromatic heterocycles. The van der Waals surface area contributed by atoms with Gasteiger partial charge in [-0.2, -0.15) is 0 Å². The summed E-state index contributed by atoms with van der Waals surface area (Å²) < 4.78 is 39.8. The highest BCUT2D eigenvalue weighted by Gasteiger charge is 2.56. The molecule has 17 rings (SSSR count). The third-order valence-corrected chi connectivity index (χ3v) is 23.7. The average molecular weight is 1390 g/mol. The lowest BCUT2D eigenvalue weighted by atomic mass is 9.52. The highest BCUT2D eigenvalue weighted by atomic mass is 16.5. The van der Waals surface area contributed by atoms with Crippen LogP contribution in [0.15, 0.2) is 218 Å². The van der Waals surface area contributed by atoms with Gasteiger partial charge in [0.25, 0.3) is 0 Å². The highest BCUT2D eigenvalue weighted by Crippen LogP contribution is 2.68. The summed E-state index contributed by atoms with van der Waals surface area (Å²) in [6, 6.07) is 74.1. The number of methoxy groups -OCH3 is 2. The predicted molar refractivity (Wildman–Crippen MR) is 431 cm³/mol. The first-order valence-electron chi connectivity index (χ1n) is 38.4. The summed E-state index contributed by atoms with van der Waals surface area (Å²) in [5, 5.41) is 14.6. The van der Waals surface area contributed by atoms with E-state index in [1.54, 1.807) is 14.2 Å². The van der Waals surface area contributed by atoms with Crippen LogP contribution in [0.4, 0.5) is 5.69 Å². The molecule has 534 valence electrons. The van der Waals surface area contributed by atoms with Gasteiger partial charge in [-0.15, -0.1) is 0 Å². The second kappa shape index (κ2) is 27.5. The van der Waals surface area contributed by atoms with Crippen molar-refractivity contribution in [3.05, 3.63) is 280 Å². The van der Waals surface area contributed by atoms with Crippen molar-refractivity contribution >= 4 is 39.4 Å². The highest BCUT2D eigenvalue weighted by molar-refractivity contribution is 6.12. The molecule has 8 heteroatoms. The molecule has 11 aromatic rings. The van der Waals surface area contributed by atoms with Gasteiger partial charge >= 0.3 is 0 Å². The monoisotopic (exact) mass is 1390 g/mol. The first-order valence-corrected chi connectivity index (χ1v) is 38.4. The Morgan fingerprint density at radius 2 is 0.895 bits per heavy atom. The lowest BCUT2D eigenvalue weighted by Gasteiger charge is -2.52. The van der Waals surface area contributed by atoms with Crippen LogP contribution in [0.5, 0.6) is 34.5 Å². The van der Waals surface area contributed by atoms with Crippen LogP contribution in [-0.4, -0.2) is 46.6 Å². The van der Waals surface area contributed by atoms with Crippen molar-refractivity contribution in [3.8, 4) is 67.9 Å². The molecule has 2 fully saturated rings. The summed E-state index contributed by atoms with van der Waals surface area (Å²) in [4.78, 5) is 2.15. The van der Waals surface area contributed by atoms with Gasteiger partial charge in [-0.05, 0) is 183 Å². The maximum atomic E-state index is 10.1. The van der Waals surface area contributed by atoms with Crippen LogP contribution in [0.25, 0.3) is 67.1 Å². The van der Waals surface area contributed by atoms with E-state index in [1.807, 2.05) is 18.2 Å². The van der Waals surface area contributed by atoms with Crippen LogP contribution in [0.1, 0.15) is 180 Å². The number of rotatable bonds is 15. The number of hydrogen-bond donors (Lipinski definition) is 1. The molecule has 11 aromatic carbocycles. The average Bonchev–Trinajstić information content (AvgIpc) is 1.55. The number of fused-ring (bicyclic) bond motifs is 20. The number of nitrogens with zero attached hydrogens (tertiary/aromatic N) is 1. The normalized spacial score (nSPS) is 18.4. The maximum Gasteiger partial charge on any atom is 0.178 e. The van der Waals surface area contributed by atoms with Gasteiger partial charge in [0.05, 0.1) is 34.0 Å². The molecule has 1 atom stereocenters. The molecule has 0 saturated heterocycles. The number of ether oxygens (including phenoxy) is 6. The predicted octanol–water partition coefficient (Wildman–Crippen LogP) is 23.7. The first-order chi connectivity index (χ1) is 51.0. The van der Waals surface area contributed by atoms with Gasteiger partial charge in [0.2, 0.25) is 0 Å². The maximum absolute atomic E-state index is 10.1. The van der Waals surface area contributed by atoms with Crippen molar-refractivity contribution < 1.29 is 33.5 Å². The molecule has 4 aliphatic carbocycles. The van der Waals surface area contributed by atoms with Gasteiger partial charge in [-0.1, -0.05) is 237 Å². The van der Waals surface area contributed by atoms with Gasteiger partial charge in [-0.3, -0.25) is 0 Å². The lowest BCUT2D eigenvalue weighted by molar-refractivity contribution is 0.0641. The molecule has 0 bridgehead atoms. The zero-order valence-corrected chi connectivity index (χ0v) is 62.9. The molecule has 2 saturated carbocycles. The molecular formula is C97H99NO7. The van der Waals surface area contributed by atoms with Crippen LogP contribution in [0.2, 0.25) is 0 Å². The van der Waals surface area contributed by atoms with Gasteiger partial charge in [-0.25, -0.2) is 0 Å². The minimum absolute atomic E-state index is 0.0221. The molecule has 1 unspecified atom stereocenters. The summed E-state index contributed by atoms with van der Waals surface area (Å²) in [5.41, 5.74) is 19.8. The fraction of sp³-hybridized carbons (Fsp3) is 0.320. The quantitative estimate of drug-likeness (QED) is 0.109. The minimum Gasteiger partial charge on any atom is -0.496 e. The van der Waals surface area contributed by atoms with Gasteiger partial charge < -0.3 is 38.4 Å². The Balaban J connectivity index is 0.000000172. The summed E-state index contributed by atoms with van der Waals surface area (Å²) in [7, 11) is 7.58. The molecule has 0 amide bonds. The Bertz CT molecular complexity index is 5080. The van der Waals surface area contributed by atoms with Crippen molar-refractivity contribution in [1.29, 1.82) is 0 Å². The van der Waals surface area contributed by atoms with E-state index in [0.717, 1.165) is 110 Å². The van der Waals surface area contributed by atoms with Crippen molar-refractivity contribution in [3.63, 3.8) is 0 Å². The summed E-state index contributed by atoms with van der Waals surface area (Å²) in [6.45, 7) is 15.3. The van der Waals surface area contributed by atoms with E-state index >= 15 is 0 Å². The summed E-state index contributed by atoms with van der Waals surface area (Å²) in [6.07, 6.45) is 23.4. The van der Waals surface area contributed by atoms with Crippen molar-refractivity contribution in [2.45, 2.75) is 147 Å². The number of anilines is 1. The number of aliphatic hydroxyl groups is 1. The van der Waals surface area contributed by atoms with E-state index in [0.29, 0.717) is 24.7 Å². The zero-order chi connectivity index (χ0) is 72.5. The molecule has 6 aliphatic rings. The van der Waals surface area contributed by atoms with Crippen LogP contribution >= 0.6 is 0 Å². The smallest absolute Gasteiger partial charge is 0.178 e. The Morgan fingerprint density at radius 1 is 0.429 bits per heavy atom. The third kappa shape index (κ3) is 11.8. The Labute approximate surface area is 621 Å². The molecule has 1 N–H and O–H groups in total.